The predicted molar refractivity (Wildman–Crippen MR) is 68.6 cm³/mol. The number of hydrogen-bond donors (Lipinski definition) is 0. The summed E-state index contributed by atoms with van der Waals surface area (Å²) in [6.45, 7) is 9.77. The van der Waals surface area contributed by atoms with Gasteiger partial charge in [0.15, 0.2) is 0 Å². The smallest absolute Gasteiger partial charge is 0.137 e. The van der Waals surface area contributed by atoms with Gasteiger partial charge in [-0.3, -0.25) is 9.69 Å². The van der Waals surface area contributed by atoms with Crippen LogP contribution in [0.25, 0.3) is 0 Å². The molecule has 0 aliphatic heterocycles. The summed E-state index contributed by atoms with van der Waals surface area (Å²) in [5.41, 5.74) is 0. The largest absolute Gasteiger partial charge is 0.299 e. The zero-order chi connectivity index (χ0) is 12.1. The third kappa shape index (κ3) is 3.89. The Morgan fingerprint density at radius 2 is 1.62 bits per heavy atom. The summed E-state index contributed by atoms with van der Waals surface area (Å²) in [4.78, 5) is 14.4. The highest BCUT2D eigenvalue weighted by molar-refractivity contribution is 5.81. The van der Waals surface area contributed by atoms with Crippen molar-refractivity contribution in [3.8, 4) is 0 Å². The first-order valence-corrected chi connectivity index (χ1v) is 6.80. The topological polar surface area (TPSA) is 20.3 Å². The lowest BCUT2D eigenvalue weighted by atomic mass is 9.99. The van der Waals surface area contributed by atoms with Crippen molar-refractivity contribution in [1.82, 2.24) is 4.90 Å². The standard InChI is InChI=1S/C14H27NO/c1-11(2)15(12(3)4)10-9-14(16)13-7-5-6-8-13/h11-13H,5-10H2,1-4H3. The van der Waals surface area contributed by atoms with E-state index >= 15 is 0 Å². The number of Topliss-reactive ketones (excluding diaryl/α,β-unsaturated/α-hetero) is 1. The van der Waals surface area contributed by atoms with E-state index < -0.39 is 0 Å². The van der Waals surface area contributed by atoms with Crippen molar-refractivity contribution in [1.29, 1.82) is 0 Å². The first-order chi connectivity index (χ1) is 7.52. The van der Waals surface area contributed by atoms with Gasteiger partial charge in [-0.25, -0.2) is 0 Å². The Labute approximate surface area is 100 Å². The highest BCUT2D eigenvalue weighted by Crippen LogP contribution is 2.26. The number of rotatable bonds is 6. The van der Waals surface area contributed by atoms with Gasteiger partial charge in [-0.2, -0.15) is 0 Å². The van der Waals surface area contributed by atoms with Crippen LogP contribution in [0.2, 0.25) is 0 Å². The quantitative estimate of drug-likeness (QED) is 0.691. The Hall–Kier alpha value is -0.370. The van der Waals surface area contributed by atoms with Gasteiger partial charge >= 0.3 is 0 Å². The lowest BCUT2D eigenvalue weighted by Crippen LogP contribution is -2.38. The van der Waals surface area contributed by atoms with E-state index in [9.17, 15) is 4.79 Å². The predicted octanol–water partition coefficient (Wildman–Crippen LogP) is 3.25. The minimum absolute atomic E-state index is 0.390. The molecule has 0 atom stereocenters. The number of carbonyl (C=O) groups excluding carboxylic acids is 1. The van der Waals surface area contributed by atoms with Crippen LogP contribution in [0.1, 0.15) is 59.8 Å². The number of carbonyl (C=O) groups is 1. The molecule has 1 aliphatic carbocycles. The van der Waals surface area contributed by atoms with Crippen molar-refractivity contribution < 1.29 is 4.79 Å². The molecule has 0 saturated heterocycles. The highest BCUT2D eigenvalue weighted by atomic mass is 16.1. The SMILES string of the molecule is CC(C)N(CCC(=O)C1CCCC1)C(C)C. The van der Waals surface area contributed by atoms with Crippen LogP contribution in [0, 0.1) is 5.92 Å². The van der Waals surface area contributed by atoms with Crippen LogP contribution in [0.4, 0.5) is 0 Å². The minimum Gasteiger partial charge on any atom is -0.299 e. The normalized spacial score (nSPS) is 17.9. The molecule has 0 bridgehead atoms. The Balaban J connectivity index is 2.33. The third-order valence-corrected chi connectivity index (χ3v) is 3.75. The first kappa shape index (κ1) is 13.7. The van der Waals surface area contributed by atoms with E-state index in [1.165, 1.54) is 12.8 Å². The van der Waals surface area contributed by atoms with Gasteiger partial charge in [-0.15, -0.1) is 0 Å². The van der Waals surface area contributed by atoms with Gasteiger partial charge in [-0.05, 0) is 40.5 Å². The van der Waals surface area contributed by atoms with Crippen LogP contribution in [-0.4, -0.2) is 29.3 Å². The molecule has 0 N–H and O–H groups in total. The maximum absolute atomic E-state index is 12.0. The van der Waals surface area contributed by atoms with E-state index in [-0.39, 0.29) is 0 Å². The molecule has 0 unspecified atom stereocenters. The zero-order valence-electron chi connectivity index (χ0n) is 11.3. The van der Waals surface area contributed by atoms with Crippen LogP contribution >= 0.6 is 0 Å². The molecule has 0 heterocycles. The molecule has 0 radical (unpaired) electrons. The van der Waals surface area contributed by atoms with Crippen molar-refractivity contribution in [3.63, 3.8) is 0 Å². The van der Waals surface area contributed by atoms with E-state index in [2.05, 4.69) is 32.6 Å². The Bertz CT molecular complexity index is 209. The molecule has 2 nitrogen and oxygen atoms in total. The van der Waals surface area contributed by atoms with Crippen molar-refractivity contribution in [3.05, 3.63) is 0 Å². The molecule has 0 aromatic carbocycles. The van der Waals surface area contributed by atoms with Crippen molar-refractivity contribution >= 4 is 5.78 Å². The Morgan fingerprint density at radius 1 is 1.12 bits per heavy atom. The molecule has 94 valence electrons. The summed E-state index contributed by atoms with van der Waals surface area (Å²) in [6.07, 6.45) is 5.55. The average molecular weight is 225 g/mol. The van der Waals surface area contributed by atoms with E-state index in [4.69, 9.17) is 0 Å². The van der Waals surface area contributed by atoms with Gasteiger partial charge in [0.25, 0.3) is 0 Å². The molecule has 1 aliphatic rings. The van der Waals surface area contributed by atoms with Crippen molar-refractivity contribution in [2.24, 2.45) is 5.92 Å². The van der Waals surface area contributed by atoms with Crippen LogP contribution in [0.3, 0.4) is 0 Å². The summed E-state index contributed by atoms with van der Waals surface area (Å²) in [7, 11) is 0. The second-order valence-electron chi connectivity index (χ2n) is 5.62. The fraction of sp³-hybridized carbons (Fsp3) is 0.929. The number of ketones is 1. The second-order valence-corrected chi connectivity index (χ2v) is 5.62. The van der Waals surface area contributed by atoms with E-state index in [1.54, 1.807) is 0 Å². The molecule has 0 aromatic heterocycles. The fourth-order valence-corrected chi connectivity index (χ4v) is 2.80. The van der Waals surface area contributed by atoms with Crippen LogP contribution < -0.4 is 0 Å². The molecule has 1 fully saturated rings. The Morgan fingerprint density at radius 3 is 2.06 bits per heavy atom. The highest BCUT2D eigenvalue weighted by Gasteiger charge is 2.23. The van der Waals surface area contributed by atoms with Crippen LogP contribution in [0.15, 0.2) is 0 Å². The monoisotopic (exact) mass is 225 g/mol. The van der Waals surface area contributed by atoms with Gasteiger partial charge in [0.1, 0.15) is 5.78 Å². The average Bonchev–Trinajstić information content (AvgIpc) is 2.69. The Kier molecular flexibility index (Phi) is 5.47. The summed E-state index contributed by atoms with van der Waals surface area (Å²) >= 11 is 0. The first-order valence-electron chi connectivity index (χ1n) is 6.80. The molecular formula is C14H27NO. The summed E-state index contributed by atoms with van der Waals surface area (Å²) in [6, 6.07) is 1.08. The molecule has 0 aromatic rings. The van der Waals surface area contributed by atoms with Crippen LogP contribution in [0.5, 0.6) is 0 Å². The minimum atomic E-state index is 0.390. The summed E-state index contributed by atoms with van der Waals surface area (Å²) in [5.74, 6) is 0.893. The lowest BCUT2D eigenvalue weighted by molar-refractivity contribution is -0.123. The summed E-state index contributed by atoms with van der Waals surface area (Å²) in [5, 5.41) is 0. The molecule has 1 rings (SSSR count). The lowest BCUT2D eigenvalue weighted by Gasteiger charge is -2.30. The molecule has 16 heavy (non-hydrogen) atoms. The van der Waals surface area contributed by atoms with E-state index in [0.717, 1.165) is 25.8 Å². The summed E-state index contributed by atoms with van der Waals surface area (Å²) < 4.78 is 0. The van der Waals surface area contributed by atoms with Gasteiger partial charge in [0.05, 0.1) is 0 Å². The van der Waals surface area contributed by atoms with E-state index in [0.29, 0.717) is 23.8 Å². The fourth-order valence-electron chi connectivity index (χ4n) is 2.80. The molecule has 0 amide bonds. The van der Waals surface area contributed by atoms with Gasteiger partial charge in [0.2, 0.25) is 0 Å². The molecule has 2 heteroatoms. The molecule has 0 spiro atoms. The zero-order valence-corrected chi connectivity index (χ0v) is 11.3. The van der Waals surface area contributed by atoms with Gasteiger partial charge in [0, 0.05) is 31.0 Å². The maximum Gasteiger partial charge on any atom is 0.137 e. The van der Waals surface area contributed by atoms with E-state index in [1.807, 2.05) is 0 Å². The van der Waals surface area contributed by atoms with Gasteiger partial charge in [-0.1, -0.05) is 12.8 Å². The number of nitrogens with zero attached hydrogens (tertiary/aromatic N) is 1. The molecule has 1 saturated carbocycles. The van der Waals surface area contributed by atoms with Crippen LogP contribution in [-0.2, 0) is 4.79 Å². The maximum atomic E-state index is 12.0. The third-order valence-electron chi connectivity index (χ3n) is 3.75. The molecular weight excluding hydrogens is 198 g/mol. The number of hydrogen-bond acceptors (Lipinski definition) is 2. The van der Waals surface area contributed by atoms with Crippen molar-refractivity contribution in [2.75, 3.05) is 6.54 Å². The van der Waals surface area contributed by atoms with Gasteiger partial charge < -0.3 is 0 Å². The second kappa shape index (κ2) is 6.39. The van der Waals surface area contributed by atoms with Crippen molar-refractivity contribution in [2.45, 2.75) is 71.9 Å².